The highest BCUT2D eigenvalue weighted by Gasteiger charge is 2.33. The van der Waals surface area contributed by atoms with Crippen molar-refractivity contribution in [2.75, 3.05) is 33.4 Å². The Hall–Kier alpha value is -1.92. The highest BCUT2D eigenvalue weighted by atomic mass is 16.5. The van der Waals surface area contributed by atoms with Crippen molar-refractivity contribution in [1.29, 1.82) is 0 Å². The number of morpholine rings is 1. The van der Waals surface area contributed by atoms with Crippen molar-refractivity contribution >= 4 is 11.8 Å². The summed E-state index contributed by atoms with van der Waals surface area (Å²) in [5, 5.41) is 2.58. The van der Waals surface area contributed by atoms with E-state index in [9.17, 15) is 9.59 Å². The van der Waals surface area contributed by atoms with Gasteiger partial charge in [-0.15, -0.1) is 0 Å². The smallest absolute Gasteiger partial charge is 0.254 e. The van der Waals surface area contributed by atoms with E-state index in [2.05, 4.69) is 5.32 Å². The highest BCUT2D eigenvalue weighted by Crippen LogP contribution is 2.16. The first kappa shape index (κ1) is 15.5. The van der Waals surface area contributed by atoms with Crippen molar-refractivity contribution in [1.82, 2.24) is 10.2 Å². The predicted octanol–water partition coefficient (Wildman–Crippen LogP) is -0.225. The zero-order valence-corrected chi connectivity index (χ0v) is 12.2. The van der Waals surface area contributed by atoms with E-state index in [1.807, 2.05) is 18.2 Å². The lowest BCUT2D eigenvalue weighted by molar-refractivity contribution is -0.130. The maximum Gasteiger partial charge on any atom is 0.254 e. The topological polar surface area (TPSA) is 84.7 Å². The lowest BCUT2D eigenvalue weighted by Crippen LogP contribution is -2.55. The molecule has 6 heteroatoms. The lowest BCUT2D eigenvalue weighted by atomic mass is 10.0. The number of benzene rings is 1. The molecule has 114 valence electrons. The number of hydrogen-bond acceptors (Lipinski definition) is 4. The maximum absolute atomic E-state index is 12.8. The molecule has 1 fully saturated rings. The number of rotatable bonds is 4. The summed E-state index contributed by atoms with van der Waals surface area (Å²) in [5.74, 6) is -0.352. The van der Waals surface area contributed by atoms with Crippen LogP contribution in [-0.4, -0.2) is 56.1 Å². The van der Waals surface area contributed by atoms with Gasteiger partial charge in [0, 0.05) is 19.2 Å². The minimum atomic E-state index is -0.581. The molecule has 1 heterocycles. The molecule has 1 aliphatic rings. The largest absolute Gasteiger partial charge is 0.377 e. The predicted molar refractivity (Wildman–Crippen MR) is 78.9 cm³/mol. The normalized spacial score (nSPS) is 18.4. The van der Waals surface area contributed by atoms with Crippen LogP contribution in [0.4, 0.5) is 0 Å². The fraction of sp³-hybridized carbons (Fsp3) is 0.467. The quantitative estimate of drug-likeness (QED) is 0.803. The Balaban J connectivity index is 2.27. The monoisotopic (exact) mass is 291 g/mol. The van der Waals surface area contributed by atoms with E-state index >= 15 is 0 Å². The molecule has 0 saturated carbocycles. The molecule has 1 aliphatic heterocycles. The first-order valence-corrected chi connectivity index (χ1v) is 7.07. The van der Waals surface area contributed by atoms with Crippen molar-refractivity contribution in [2.45, 2.75) is 12.5 Å². The van der Waals surface area contributed by atoms with E-state index in [-0.39, 0.29) is 18.4 Å². The molecule has 21 heavy (non-hydrogen) atoms. The van der Waals surface area contributed by atoms with Gasteiger partial charge in [-0.1, -0.05) is 18.2 Å². The van der Waals surface area contributed by atoms with Crippen LogP contribution in [0, 0.1) is 0 Å². The minimum Gasteiger partial charge on any atom is -0.377 e. The Morgan fingerprint density at radius 1 is 1.43 bits per heavy atom. The second kappa shape index (κ2) is 7.19. The third-order valence-electron chi connectivity index (χ3n) is 3.60. The summed E-state index contributed by atoms with van der Waals surface area (Å²) in [5.41, 5.74) is 7.12. The summed E-state index contributed by atoms with van der Waals surface area (Å²) < 4.78 is 5.32. The standard InChI is InChI=1S/C15H21N3O3/c1-17-14(19)13-10-21-9-8-18(13)15(20)12-5-3-2-4-11(12)6-7-16/h2-5,13H,6-10,16H2,1H3,(H,17,19). The number of carbonyl (C=O) groups excluding carboxylic acids is 2. The molecule has 2 rings (SSSR count). The average molecular weight is 291 g/mol. The van der Waals surface area contributed by atoms with Crippen molar-refractivity contribution in [2.24, 2.45) is 5.73 Å². The van der Waals surface area contributed by atoms with Crippen LogP contribution >= 0.6 is 0 Å². The van der Waals surface area contributed by atoms with Gasteiger partial charge in [0.15, 0.2) is 0 Å². The van der Waals surface area contributed by atoms with Crippen LogP contribution in [0.1, 0.15) is 15.9 Å². The summed E-state index contributed by atoms with van der Waals surface area (Å²) in [6.07, 6.45) is 0.636. The number of carbonyl (C=O) groups is 2. The number of nitrogens with zero attached hydrogens (tertiary/aromatic N) is 1. The number of hydrogen-bond donors (Lipinski definition) is 2. The molecule has 6 nitrogen and oxygen atoms in total. The highest BCUT2D eigenvalue weighted by molar-refractivity contribution is 5.98. The summed E-state index contributed by atoms with van der Waals surface area (Å²) in [7, 11) is 1.56. The number of ether oxygens (including phenoxy) is 1. The van der Waals surface area contributed by atoms with Gasteiger partial charge in [0.1, 0.15) is 6.04 Å². The molecule has 0 spiro atoms. The number of amides is 2. The van der Waals surface area contributed by atoms with E-state index < -0.39 is 6.04 Å². The minimum absolute atomic E-state index is 0.143. The lowest BCUT2D eigenvalue weighted by Gasteiger charge is -2.34. The van der Waals surface area contributed by atoms with Gasteiger partial charge in [0.05, 0.1) is 13.2 Å². The number of nitrogens with two attached hydrogens (primary N) is 1. The Kier molecular flexibility index (Phi) is 5.30. The summed E-state index contributed by atoms with van der Waals surface area (Å²) >= 11 is 0. The summed E-state index contributed by atoms with van der Waals surface area (Å²) in [6.45, 7) is 1.56. The van der Waals surface area contributed by atoms with Gasteiger partial charge in [-0.25, -0.2) is 0 Å². The van der Waals surface area contributed by atoms with Crippen LogP contribution in [0.3, 0.4) is 0 Å². The Morgan fingerprint density at radius 2 is 2.19 bits per heavy atom. The molecule has 3 N–H and O–H groups in total. The fourth-order valence-corrected chi connectivity index (χ4v) is 2.49. The molecule has 0 aliphatic carbocycles. The van der Waals surface area contributed by atoms with E-state index in [1.54, 1.807) is 18.0 Å². The van der Waals surface area contributed by atoms with E-state index in [1.165, 1.54) is 0 Å². The Bertz CT molecular complexity index is 519. The molecular formula is C15H21N3O3. The second-order valence-corrected chi connectivity index (χ2v) is 4.90. The van der Waals surface area contributed by atoms with Crippen molar-refractivity contribution in [3.63, 3.8) is 0 Å². The summed E-state index contributed by atoms with van der Waals surface area (Å²) in [4.78, 5) is 26.3. The third kappa shape index (κ3) is 3.40. The van der Waals surface area contributed by atoms with Gasteiger partial charge in [-0.2, -0.15) is 0 Å². The Morgan fingerprint density at radius 3 is 2.90 bits per heavy atom. The average Bonchev–Trinajstić information content (AvgIpc) is 2.54. The first-order chi connectivity index (χ1) is 10.2. The van der Waals surface area contributed by atoms with E-state index in [0.717, 1.165) is 5.56 Å². The molecule has 0 bridgehead atoms. The van der Waals surface area contributed by atoms with Crippen LogP contribution in [0.5, 0.6) is 0 Å². The van der Waals surface area contributed by atoms with Gasteiger partial charge < -0.3 is 20.7 Å². The molecule has 1 atom stereocenters. The van der Waals surface area contributed by atoms with E-state index in [0.29, 0.717) is 31.7 Å². The second-order valence-electron chi connectivity index (χ2n) is 4.90. The molecule has 1 aromatic rings. The molecule has 1 saturated heterocycles. The molecule has 1 unspecified atom stereocenters. The third-order valence-corrected chi connectivity index (χ3v) is 3.60. The number of nitrogens with one attached hydrogen (secondary N) is 1. The van der Waals surface area contributed by atoms with E-state index in [4.69, 9.17) is 10.5 Å². The van der Waals surface area contributed by atoms with Gasteiger partial charge in [0.2, 0.25) is 5.91 Å². The van der Waals surface area contributed by atoms with Gasteiger partial charge in [0.25, 0.3) is 5.91 Å². The fourth-order valence-electron chi connectivity index (χ4n) is 2.49. The van der Waals surface area contributed by atoms with Crippen molar-refractivity contribution in [3.8, 4) is 0 Å². The van der Waals surface area contributed by atoms with Crippen LogP contribution in [0.2, 0.25) is 0 Å². The molecule has 0 radical (unpaired) electrons. The van der Waals surface area contributed by atoms with Gasteiger partial charge in [-0.05, 0) is 24.6 Å². The van der Waals surface area contributed by atoms with Gasteiger partial charge in [-0.3, -0.25) is 9.59 Å². The van der Waals surface area contributed by atoms with Crippen LogP contribution in [0.25, 0.3) is 0 Å². The maximum atomic E-state index is 12.8. The molecule has 0 aromatic heterocycles. The van der Waals surface area contributed by atoms with Crippen LogP contribution in [0.15, 0.2) is 24.3 Å². The van der Waals surface area contributed by atoms with Crippen LogP contribution < -0.4 is 11.1 Å². The Labute approximate surface area is 124 Å². The van der Waals surface area contributed by atoms with Crippen molar-refractivity contribution in [3.05, 3.63) is 35.4 Å². The van der Waals surface area contributed by atoms with Crippen molar-refractivity contribution < 1.29 is 14.3 Å². The van der Waals surface area contributed by atoms with Gasteiger partial charge >= 0.3 is 0 Å². The first-order valence-electron chi connectivity index (χ1n) is 7.07. The molecule has 1 aromatic carbocycles. The van der Waals surface area contributed by atoms with Crippen LogP contribution in [-0.2, 0) is 16.0 Å². The number of likely N-dealkylation sites (N-methyl/N-ethyl adjacent to an activating group) is 1. The zero-order chi connectivity index (χ0) is 15.2. The molecule has 2 amide bonds. The molecular weight excluding hydrogens is 270 g/mol. The SMILES string of the molecule is CNC(=O)C1COCCN1C(=O)c1ccccc1CCN. The summed E-state index contributed by atoms with van der Waals surface area (Å²) in [6, 6.07) is 6.81. The zero-order valence-electron chi connectivity index (χ0n) is 12.2.